The van der Waals surface area contributed by atoms with Crippen LogP contribution in [0.4, 0.5) is 0 Å². The first kappa shape index (κ1) is 12.6. The van der Waals surface area contributed by atoms with Crippen molar-refractivity contribution in [3.63, 3.8) is 0 Å². The van der Waals surface area contributed by atoms with Crippen LogP contribution in [0.5, 0.6) is 0 Å². The molecule has 1 aliphatic rings. The van der Waals surface area contributed by atoms with Crippen LogP contribution in [0.25, 0.3) is 0 Å². The number of aromatic nitrogens is 2. The van der Waals surface area contributed by atoms with E-state index in [4.69, 9.17) is 0 Å². The minimum atomic E-state index is -0.325. The molecule has 1 unspecified atom stereocenters. The summed E-state index contributed by atoms with van der Waals surface area (Å²) in [5.74, 6) is -0.308. The fourth-order valence-corrected chi connectivity index (χ4v) is 2.63. The van der Waals surface area contributed by atoms with Crippen molar-refractivity contribution in [3.8, 4) is 0 Å². The van der Waals surface area contributed by atoms with Gasteiger partial charge in [0.2, 0.25) is 0 Å². The maximum absolute atomic E-state index is 12.1. The molecule has 1 heterocycles. The molecule has 0 spiro atoms. The van der Waals surface area contributed by atoms with Gasteiger partial charge in [0, 0.05) is 6.07 Å². The van der Waals surface area contributed by atoms with Crippen LogP contribution in [0.1, 0.15) is 40.5 Å². The second kappa shape index (κ2) is 5.28. The van der Waals surface area contributed by atoms with Crippen molar-refractivity contribution in [1.82, 2.24) is 15.3 Å². The highest BCUT2D eigenvalue weighted by Gasteiger charge is 2.22. The minimum absolute atomic E-state index is 0.00598. The topological polar surface area (TPSA) is 74.8 Å². The van der Waals surface area contributed by atoms with Crippen molar-refractivity contribution >= 4 is 5.91 Å². The quantitative estimate of drug-likeness (QED) is 0.869. The second-order valence-electron chi connectivity index (χ2n) is 4.91. The van der Waals surface area contributed by atoms with Crippen LogP contribution in [0.15, 0.2) is 41.5 Å². The normalized spacial score (nSPS) is 17.3. The number of H-pyrrole nitrogens is 1. The fraction of sp³-hybridized carbons (Fsp3) is 0.267. The molecule has 1 aromatic carbocycles. The standard InChI is InChI=1S/C15H15N3O2/c19-14-8-13(16-9-17-14)15(20)18-12-7-3-5-10-4-1-2-6-11(10)12/h1-2,4,6,8-9,12H,3,5,7H2,(H,18,20)(H,16,17,19). The van der Waals surface area contributed by atoms with E-state index in [1.54, 1.807) is 0 Å². The van der Waals surface area contributed by atoms with Gasteiger partial charge in [-0.25, -0.2) is 4.98 Å². The Labute approximate surface area is 116 Å². The molecule has 0 aliphatic heterocycles. The van der Waals surface area contributed by atoms with Crippen molar-refractivity contribution in [3.05, 3.63) is 63.8 Å². The number of hydrogen-bond acceptors (Lipinski definition) is 3. The van der Waals surface area contributed by atoms with Crippen LogP contribution in [-0.4, -0.2) is 15.9 Å². The zero-order valence-corrected chi connectivity index (χ0v) is 10.9. The zero-order chi connectivity index (χ0) is 13.9. The van der Waals surface area contributed by atoms with Gasteiger partial charge in [0.1, 0.15) is 5.69 Å². The van der Waals surface area contributed by atoms with E-state index in [2.05, 4.69) is 21.4 Å². The van der Waals surface area contributed by atoms with E-state index < -0.39 is 0 Å². The number of amides is 1. The number of benzene rings is 1. The number of nitrogens with one attached hydrogen (secondary N) is 2. The Morgan fingerprint density at radius 2 is 2.20 bits per heavy atom. The summed E-state index contributed by atoms with van der Waals surface area (Å²) >= 11 is 0. The monoisotopic (exact) mass is 269 g/mol. The molecule has 1 amide bonds. The van der Waals surface area contributed by atoms with E-state index in [1.807, 2.05) is 18.2 Å². The van der Waals surface area contributed by atoms with E-state index in [0.29, 0.717) is 0 Å². The summed E-state index contributed by atoms with van der Waals surface area (Å²) in [7, 11) is 0. The lowest BCUT2D eigenvalue weighted by atomic mass is 9.87. The van der Waals surface area contributed by atoms with Crippen LogP contribution in [-0.2, 0) is 6.42 Å². The maximum atomic E-state index is 12.1. The molecule has 5 nitrogen and oxygen atoms in total. The Morgan fingerprint density at radius 3 is 3.05 bits per heavy atom. The van der Waals surface area contributed by atoms with Crippen molar-refractivity contribution in [2.24, 2.45) is 0 Å². The van der Waals surface area contributed by atoms with Gasteiger partial charge in [0.15, 0.2) is 0 Å². The Bertz CT molecular complexity index is 693. The van der Waals surface area contributed by atoms with Crippen molar-refractivity contribution in [2.75, 3.05) is 0 Å². The van der Waals surface area contributed by atoms with Crippen molar-refractivity contribution in [1.29, 1.82) is 0 Å². The van der Waals surface area contributed by atoms with Crippen LogP contribution >= 0.6 is 0 Å². The highest BCUT2D eigenvalue weighted by Crippen LogP contribution is 2.29. The lowest BCUT2D eigenvalue weighted by Crippen LogP contribution is -2.32. The molecule has 0 radical (unpaired) electrons. The van der Waals surface area contributed by atoms with E-state index in [9.17, 15) is 9.59 Å². The molecule has 1 aliphatic carbocycles. The third kappa shape index (κ3) is 2.47. The van der Waals surface area contributed by atoms with Gasteiger partial charge < -0.3 is 10.3 Å². The number of rotatable bonds is 2. The first-order valence-electron chi connectivity index (χ1n) is 6.67. The summed E-state index contributed by atoms with van der Waals surface area (Å²) in [4.78, 5) is 29.7. The van der Waals surface area contributed by atoms with Gasteiger partial charge in [-0.1, -0.05) is 24.3 Å². The minimum Gasteiger partial charge on any atom is -0.344 e. The predicted molar refractivity (Wildman–Crippen MR) is 74.4 cm³/mol. The number of carbonyl (C=O) groups excluding carboxylic acids is 1. The highest BCUT2D eigenvalue weighted by molar-refractivity contribution is 5.92. The third-order valence-corrected chi connectivity index (χ3v) is 3.59. The van der Waals surface area contributed by atoms with Gasteiger partial charge in [-0.05, 0) is 30.4 Å². The Kier molecular flexibility index (Phi) is 3.33. The average molecular weight is 269 g/mol. The van der Waals surface area contributed by atoms with Gasteiger partial charge in [-0.2, -0.15) is 0 Å². The number of hydrogen-bond donors (Lipinski definition) is 2. The predicted octanol–water partition coefficient (Wildman–Crippen LogP) is 1.58. The van der Waals surface area contributed by atoms with Gasteiger partial charge >= 0.3 is 0 Å². The van der Waals surface area contributed by atoms with Crippen molar-refractivity contribution < 1.29 is 4.79 Å². The molecule has 0 bridgehead atoms. The van der Waals surface area contributed by atoms with Gasteiger partial charge in [-0.15, -0.1) is 0 Å². The summed E-state index contributed by atoms with van der Waals surface area (Å²) in [6.45, 7) is 0. The second-order valence-corrected chi connectivity index (χ2v) is 4.91. The van der Waals surface area contributed by atoms with Crippen LogP contribution in [0.3, 0.4) is 0 Å². The lowest BCUT2D eigenvalue weighted by molar-refractivity contribution is 0.0927. The number of aromatic amines is 1. The molecule has 2 N–H and O–H groups in total. The number of carbonyl (C=O) groups is 1. The van der Waals surface area contributed by atoms with Crippen molar-refractivity contribution in [2.45, 2.75) is 25.3 Å². The van der Waals surface area contributed by atoms with E-state index in [1.165, 1.54) is 18.0 Å². The van der Waals surface area contributed by atoms with E-state index in [-0.39, 0.29) is 23.2 Å². The molecular formula is C15H15N3O2. The highest BCUT2D eigenvalue weighted by atomic mass is 16.2. The Hall–Kier alpha value is -2.43. The summed E-state index contributed by atoms with van der Waals surface area (Å²) in [6, 6.07) is 9.35. The Balaban J connectivity index is 1.82. The molecule has 20 heavy (non-hydrogen) atoms. The van der Waals surface area contributed by atoms with E-state index in [0.717, 1.165) is 24.8 Å². The molecule has 1 aromatic heterocycles. The third-order valence-electron chi connectivity index (χ3n) is 3.59. The molecule has 5 heteroatoms. The molecule has 3 rings (SSSR count). The zero-order valence-electron chi connectivity index (χ0n) is 10.9. The molecular weight excluding hydrogens is 254 g/mol. The van der Waals surface area contributed by atoms with Gasteiger partial charge in [-0.3, -0.25) is 9.59 Å². The van der Waals surface area contributed by atoms with Crippen LogP contribution in [0.2, 0.25) is 0 Å². The largest absolute Gasteiger partial charge is 0.344 e. The van der Waals surface area contributed by atoms with Crippen LogP contribution in [0, 0.1) is 0 Å². The lowest BCUT2D eigenvalue weighted by Gasteiger charge is -2.26. The summed E-state index contributed by atoms with van der Waals surface area (Å²) in [5, 5.41) is 2.96. The SMILES string of the molecule is O=C(NC1CCCc2ccccc21)c1cc(=O)[nH]cn1. The molecule has 0 fully saturated rings. The van der Waals surface area contributed by atoms with E-state index >= 15 is 0 Å². The number of fused-ring (bicyclic) bond motifs is 1. The molecule has 1 atom stereocenters. The van der Waals surface area contributed by atoms with Gasteiger partial charge in [0.05, 0.1) is 12.4 Å². The van der Waals surface area contributed by atoms with Crippen LogP contribution < -0.4 is 10.9 Å². The van der Waals surface area contributed by atoms with Gasteiger partial charge in [0.25, 0.3) is 11.5 Å². The first-order chi connectivity index (χ1) is 9.74. The average Bonchev–Trinajstić information content (AvgIpc) is 2.47. The summed E-state index contributed by atoms with van der Waals surface area (Å²) < 4.78 is 0. The number of aryl methyl sites for hydroxylation is 1. The summed E-state index contributed by atoms with van der Waals surface area (Å²) in [6.07, 6.45) is 4.24. The maximum Gasteiger partial charge on any atom is 0.270 e. The smallest absolute Gasteiger partial charge is 0.270 e. The summed E-state index contributed by atoms with van der Waals surface area (Å²) in [5.41, 5.74) is 2.27. The first-order valence-corrected chi connectivity index (χ1v) is 6.67. The fourth-order valence-electron chi connectivity index (χ4n) is 2.63. The Morgan fingerprint density at radius 1 is 1.35 bits per heavy atom. The molecule has 2 aromatic rings. The number of nitrogens with zero attached hydrogens (tertiary/aromatic N) is 1. The molecule has 0 saturated heterocycles. The molecule has 102 valence electrons. The molecule has 0 saturated carbocycles.